The van der Waals surface area contributed by atoms with Gasteiger partial charge in [0.2, 0.25) is 0 Å². The summed E-state index contributed by atoms with van der Waals surface area (Å²) in [6.07, 6.45) is 0. The molecule has 0 saturated carbocycles. The second kappa shape index (κ2) is 2.57. The predicted octanol–water partition coefficient (Wildman–Crippen LogP) is 1.16. The van der Waals surface area contributed by atoms with Gasteiger partial charge < -0.3 is 5.73 Å². The zero-order valence-corrected chi connectivity index (χ0v) is 6.34. The number of benzene rings is 1. The van der Waals surface area contributed by atoms with Gasteiger partial charge in [-0.1, -0.05) is 0 Å². The lowest BCUT2D eigenvalue weighted by molar-refractivity contribution is 0.629. The van der Waals surface area contributed by atoms with Crippen LogP contribution >= 0.6 is 0 Å². The maximum Gasteiger partial charge on any atom is 0.124 e. The molecule has 0 radical (unpaired) electrons. The topological polar surface area (TPSA) is 54.7 Å². The van der Waals surface area contributed by atoms with Gasteiger partial charge >= 0.3 is 0 Å². The summed E-state index contributed by atoms with van der Waals surface area (Å²) in [6.45, 7) is 0.347. The average molecular weight is 165 g/mol. The minimum atomic E-state index is -0.265. The summed E-state index contributed by atoms with van der Waals surface area (Å²) in [4.78, 5) is 0. The third-order valence-electron chi connectivity index (χ3n) is 1.80. The van der Waals surface area contributed by atoms with Crippen LogP contribution in [0.25, 0.3) is 10.9 Å². The average Bonchev–Trinajstić information content (AvgIpc) is 2.46. The van der Waals surface area contributed by atoms with Crippen LogP contribution in [0, 0.1) is 5.82 Å². The van der Waals surface area contributed by atoms with Gasteiger partial charge in [-0.3, -0.25) is 5.10 Å². The predicted molar refractivity (Wildman–Crippen MR) is 43.9 cm³/mol. The van der Waals surface area contributed by atoms with Crippen LogP contribution in [0.5, 0.6) is 0 Å². The molecule has 1 aromatic carbocycles. The monoisotopic (exact) mass is 165 g/mol. The molecular formula is C8H8FN3. The van der Waals surface area contributed by atoms with Crippen molar-refractivity contribution >= 4 is 10.9 Å². The van der Waals surface area contributed by atoms with Crippen LogP contribution < -0.4 is 5.73 Å². The highest BCUT2D eigenvalue weighted by Crippen LogP contribution is 2.16. The zero-order chi connectivity index (χ0) is 8.55. The van der Waals surface area contributed by atoms with Crippen molar-refractivity contribution in [2.45, 2.75) is 6.54 Å². The molecule has 1 aromatic heterocycles. The largest absolute Gasteiger partial charge is 0.325 e. The van der Waals surface area contributed by atoms with E-state index in [1.165, 1.54) is 12.1 Å². The van der Waals surface area contributed by atoms with Crippen molar-refractivity contribution in [3.8, 4) is 0 Å². The molecule has 4 heteroatoms. The molecule has 0 aliphatic carbocycles. The molecule has 1 heterocycles. The first-order chi connectivity index (χ1) is 5.81. The maximum atomic E-state index is 12.7. The number of H-pyrrole nitrogens is 1. The van der Waals surface area contributed by atoms with Gasteiger partial charge in [-0.15, -0.1) is 0 Å². The molecule has 3 nitrogen and oxygen atoms in total. The van der Waals surface area contributed by atoms with E-state index in [0.717, 1.165) is 16.6 Å². The number of aromatic amines is 1. The van der Waals surface area contributed by atoms with Crippen molar-refractivity contribution in [3.63, 3.8) is 0 Å². The number of nitrogens with two attached hydrogens (primary N) is 1. The second-order valence-electron chi connectivity index (χ2n) is 2.57. The number of hydrogen-bond acceptors (Lipinski definition) is 2. The smallest absolute Gasteiger partial charge is 0.124 e. The summed E-state index contributed by atoms with van der Waals surface area (Å²) < 4.78 is 12.7. The quantitative estimate of drug-likeness (QED) is 0.666. The van der Waals surface area contributed by atoms with Gasteiger partial charge in [0.15, 0.2) is 0 Å². The van der Waals surface area contributed by atoms with Gasteiger partial charge in [-0.05, 0) is 18.2 Å². The van der Waals surface area contributed by atoms with Crippen LogP contribution in [0.3, 0.4) is 0 Å². The van der Waals surface area contributed by atoms with Crippen LogP contribution in [-0.2, 0) is 6.54 Å². The van der Waals surface area contributed by atoms with E-state index in [-0.39, 0.29) is 5.82 Å². The fourth-order valence-corrected chi connectivity index (χ4v) is 1.19. The Hall–Kier alpha value is -1.42. The van der Waals surface area contributed by atoms with E-state index in [1.807, 2.05) is 0 Å². The molecule has 0 unspecified atom stereocenters. The molecule has 0 fully saturated rings. The van der Waals surface area contributed by atoms with Crippen LogP contribution in [0.1, 0.15) is 5.69 Å². The highest BCUT2D eigenvalue weighted by Gasteiger charge is 2.03. The molecule has 12 heavy (non-hydrogen) atoms. The molecular weight excluding hydrogens is 157 g/mol. The Morgan fingerprint density at radius 1 is 1.50 bits per heavy atom. The standard InChI is InChI=1S/C8H8FN3/c9-5-1-2-7-6(3-5)8(4-10)12-11-7/h1-3H,4,10H2,(H,11,12). The highest BCUT2D eigenvalue weighted by atomic mass is 19.1. The molecule has 62 valence electrons. The van der Waals surface area contributed by atoms with Crippen molar-refractivity contribution in [3.05, 3.63) is 29.7 Å². The summed E-state index contributed by atoms with van der Waals surface area (Å²) in [5, 5.41) is 7.47. The van der Waals surface area contributed by atoms with Crippen molar-refractivity contribution in [2.24, 2.45) is 5.73 Å². The van der Waals surface area contributed by atoms with E-state index < -0.39 is 0 Å². The Bertz CT molecular complexity index is 408. The normalized spacial score (nSPS) is 10.8. The molecule has 0 aliphatic rings. The lowest BCUT2D eigenvalue weighted by Crippen LogP contribution is -1.96. The highest BCUT2D eigenvalue weighted by molar-refractivity contribution is 5.81. The fraction of sp³-hybridized carbons (Fsp3) is 0.125. The number of nitrogens with zero attached hydrogens (tertiary/aromatic N) is 1. The number of nitrogens with one attached hydrogen (secondary N) is 1. The number of rotatable bonds is 1. The number of fused-ring (bicyclic) bond motifs is 1. The third kappa shape index (κ3) is 0.967. The molecule has 0 saturated heterocycles. The van der Waals surface area contributed by atoms with Crippen LogP contribution in [0.4, 0.5) is 4.39 Å². The summed E-state index contributed by atoms with van der Waals surface area (Å²) in [6, 6.07) is 4.44. The molecule has 0 aliphatic heterocycles. The van der Waals surface area contributed by atoms with E-state index in [2.05, 4.69) is 10.2 Å². The Morgan fingerprint density at radius 3 is 3.08 bits per heavy atom. The Labute approximate surface area is 68.4 Å². The van der Waals surface area contributed by atoms with Gasteiger partial charge in [-0.2, -0.15) is 5.10 Å². The molecule has 0 amide bonds. The minimum absolute atomic E-state index is 0.265. The van der Waals surface area contributed by atoms with Crippen molar-refractivity contribution < 1.29 is 4.39 Å². The second-order valence-corrected chi connectivity index (χ2v) is 2.57. The van der Waals surface area contributed by atoms with E-state index in [1.54, 1.807) is 6.07 Å². The Kier molecular flexibility index (Phi) is 1.55. The van der Waals surface area contributed by atoms with Crippen molar-refractivity contribution in [1.29, 1.82) is 0 Å². The summed E-state index contributed by atoms with van der Waals surface area (Å²) >= 11 is 0. The van der Waals surface area contributed by atoms with Crippen molar-refractivity contribution in [2.75, 3.05) is 0 Å². The van der Waals surface area contributed by atoms with Gasteiger partial charge in [0, 0.05) is 11.9 Å². The van der Waals surface area contributed by atoms with E-state index in [9.17, 15) is 4.39 Å². The van der Waals surface area contributed by atoms with Gasteiger partial charge in [0.05, 0.1) is 11.2 Å². The first-order valence-corrected chi connectivity index (χ1v) is 3.64. The zero-order valence-electron chi connectivity index (χ0n) is 6.34. The lowest BCUT2D eigenvalue weighted by atomic mass is 10.2. The summed E-state index contributed by atoms with van der Waals surface area (Å²) in [5.74, 6) is -0.265. The van der Waals surface area contributed by atoms with E-state index >= 15 is 0 Å². The van der Waals surface area contributed by atoms with Crippen molar-refractivity contribution in [1.82, 2.24) is 10.2 Å². The van der Waals surface area contributed by atoms with E-state index in [0.29, 0.717) is 6.54 Å². The van der Waals surface area contributed by atoms with E-state index in [4.69, 9.17) is 5.73 Å². The van der Waals surface area contributed by atoms with Gasteiger partial charge in [0.1, 0.15) is 5.82 Å². The maximum absolute atomic E-state index is 12.7. The van der Waals surface area contributed by atoms with Crippen LogP contribution in [0.2, 0.25) is 0 Å². The first-order valence-electron chi connectivity index (χ1n) is 3.64. The summed E-state index contributed by atoms with van der Waals surface area (Å²) in [5.41, 5.74) is 6.93. The van der Waals surface area contributed by atoms with Crippen LogP contribution in [0.15, 0.2) is 18.2 Å². The van der Waals surface area contributed by atoms with Crippen LogP contribution in [-0.4, -0.2) is 10.2 Å². The molecule has 2 aromatic rings. The molecule has 3 N–H and O–H groups in total. The SMILES string of the molecule is NCc1[nH]nc2ccc(F)cc12. The van der Waals surface area contributed by atoms with Gasteiger partial charge in [0.25, 0.3) is 0 Å². The number of halogens is 1. The fourth-order valence-electron chi connectivity index (χ4n) is 1.19. The molecule has 0 spiro atoms. The molecule has 0 bridgehead atoms. The van der Waals surface area contributed by atoms with Gasteiger partial charge in [-0.25, -0.2) is 4.39 Å². The Balaban J connectivity index is 2.75. The number of aromatic nitrogens is 2. The number of hydrogen-bond donors (Lipinski definition) is 2. The third-order valence-corrected chi connectivity index (χ3v) is 1.80. The lowest BCUT2D eigenvalue weighted by Gasteiger charge is -1.91. The minimum Gasteiger partial charge on any atom is -0.325 e. The first kappa shape index (κ1) is 7.24. The molecule has 0 atom stereocenters. The Morgan fingerprint density at radius 2 is 2.33 bits per heavy atom. The molecule has 2 rings (SSSR count). The summed E-state index contributed by atoms with van der Waals surface area (Å²) in [7, 11) is 0.